The summed E-state index contributed by atoms with van der Waals surface area (Å²) in [6.07, 6.45) is 3.02. The van der Waals surface area contributed by atoms with Crippen LogP contribution in [0.1, 0.15) is 35.7 Å². The molecule has 1 aliphatic rings. The molecule has 11 nitrogen and oxygen atoms in total. The van der Waals surface area contributed by atoms with Gasteiger partial charge < -0.3 is 23.5 Å². The molecule has 1 amide bonds. The molecule has 0 N–H and O–H groups in total. The lowest BCUT2D eigenvalue weighted by Gasteiger charge is -2.18. The van der Waals surface area contributed by atoms with Gasteiger partial charge in [-0.1, -0.05) is 12.1 Å². The maximum Gasteiger partial charge on any atom is 0.341 e. The Morgan fingerprint density at radius 2 is 1.95 bits per heavy atom. The van der Waals surface area contributed by atoms with E-state index in [9.17, 15) is 14.4 Å². The number of pyridine rings is 2. The quantitative estimate of drug-likeness (QED) is 0.244. The van der Waals surface area contributed by atoms with Crippen LogP contribution in [0.2, 0.25) is 0 Å². The molecule has 4 heterocycles. The molecule has 0 saturated carbocycles. The molecule has 1 fully saturated rings. The minimum absolute atomic E-state index is 0.00258. The molecular weight excluding hydrogens is 516 g/mol. The van der Waals surface area contributed by atoms with Crippen LogP contribution in [0, 0.1) is 0 Å². The number of hydrogen-bond donors (Lipinski definition) is 0. The molecule has 1 unspecified atom stereocenters. The normalized spacial score (nSPS) is 15.5. The highest BCUT2D eigenvalue weighted by Gasteiger charge is 2.24. The first-order valence-electron chi connectivity index (χ1n) is 13.1. The summed E-state index contributed by atoms with van der Waals surface area (Å²) in [5, 5.41) is 0.205. The van der Waals surface area contributed by atoms with Gasteiger partial charge in [0.1, 0.15) is 16.9 Å². The molecule has 40 heavy (non-hydrogen) atoms. The number of benzene rings is 1. The van der Waals surface area contributed by atoms with Gasteiger partial charge in [0.15, 0.2) is 17.0 Å². The van der Waals surface area contributed by atoms with Crippen LogP contribution in [-0.4, -0.2) is 59.4 Å². The van der Waals surface area contributed by atoms with Gasteiger partial charge in [-0.05, 0) is 55.7 Å². The Kier molecular flexibility index (Phi) is 7.92. The molecule has 1 aliphatic heterocycles. The number of carbonyl (C=O) groups excluding carboxylic acids is 2. The fourth-order valence-electron chi connectivity index (χ4n) is 4.85. The van der Waals surface area contributed by atoms with Crippen LogP contribution in [0.25, 0.3) is 16.7 Å². The fraction of sp³-hybridized carbons (Fsp3) is 0.345. The Labute approximate surface area is 229 Å². The minimum Gasteiger partial charge on any atom is -0.493 e. The first kappa shape index (κ1) is 27.1. The van der Waals surface area contributed by atoms with Gasteiger partial charge in [0, 0.05) is 12.8 Å². The Morgan fingerprint density at radius 3 is 2.67 bits per heavy atom. The molecule has 0 bridgehead atoms. The summed E-state index contributed by atoms with van der Waals surface area (Å²) in [4.78, 5) is 49.2. The second kappa shape index (κ2) is 11.7. The van der Waals surface area contributed by atoms with Crippen LogP contribution in [-0.2, 0) is 27.2 Å². The Morgan fingerprint density at radius 1 is 1.12 bits per heavy atom. The number of esters is 1. The zero-order valence-corrected chi connectivity index (χ0v) is 22.6. The van der Waals surface area contributed by atoms with Crippen molar-refractivity contribution < 1.29 is 28.5 Å². The topological polar surface area (TPSA) is 123 Å². The molecule has 0 spiro atoms. The zero-order valence-electron chi connectivity index (χ0n) is 22.6. The standard InChI is InChI=1S/C29H30N4O7/c1-4-39-29(36)21-16-20-26(30-24-9-5-6-12-32(24)28(20)35)33(17-19-8-7-13-40-19)27(21)31-25(34)15-18-10-11-22(37-2)23(14-18)38-3/h5-6,9-12,14,16,19H,4,7-8,13,15,17H2,1-3H3. The SMILES string of the molecule is CCOC(=O)c1cc2c(=O)n3ccccc3nc2n(CC2CCCO2)c1=NC(=O)Cc1ccc(OC)c(OC)c1. The highest BCUT2D eigenvalue weighted by molar-refractivity contribution is 5.94. The summed E-state index contributed by atoms with van der Waals surface area (Å²) in [6, 6.07) is 11.8. The predicted molar refractivity (Wildman–Crippen MR) is 146 cm³/mol. The monoisotopic (exact) mass is 546 g/mol. The van der Waals surface area contributed by atoms with Gasteiger partial charge in [0.05, 0.1) is 45.3 Å². The molecule has 0 aliphatic carbocycles. The van der Waals surface area contributed by atoms with Crippen molar-refractivity contribution in [1.29, 1.82) is 0 Å². The number of carbonyl (C=O) groups is 2. The summed E-state index contributed by atoms with van der Waals surface area (Å²) in [7, 11) is 3.05. The van der Waals surface area contributed by atoms with Crippen LogP contribution in [0.5, 0.6) is 11.5 Å². The third-order valence-electron chi connectivity index (χ3n) is 6.73. The van der Waals surface area contributed by atoms with E-state index in [0.29, 0.717) is 35.0 Å². The van der Waals surface area contributed by atoms with Crippen LogP contribution < -0.4 is 20.5 Å². The van der Waals surface area contributed by atoms with Gasteiger partial charge in [-0.25, -0.2) is 9.78 Å². The van der Waals surface area contributed by atoms with E-state index in [1.807, 2.05) is 0 Å². The van der Waals surface area contributed by atoms with Gasteiger partial charge in [0.25, 0.3) is 11.5 Å². The van der Waals surface area contributed by atoms with Crippen molar-refractivity contribution in [2.45, 2.75) is 38.8 Å². The molecule has 3 aromatic heterocycles. The van der Waals surface area contributed by atoms with Crippen molar-refractivity contribution in [1.82, 2.24) is 14.0 Å². The molecule has 1 aromatic carbocycles. The van der Waals surface area contributed by atoms with Crippen molar-refractivity contribution in [2.75, 3.05) is 27.4 Å². The molecule has 0 radical (unpaired) electrons. The summed E-state index contributed by atoms with van der Waals surface area (Å²) in [6.45, 7) is 2.64. The smallest absolute Gasteiger partial charge is 0.341 e. The molecule has 4 aromatic rings. The van der Waals surface area contributed by atoms with E-state index in [4.69, 9.17) is 23.9 Å². The van der Waals surface area contributed by atoms with E-state index in [0.717, 1.165) is 12.8 Å². The van der Waals surface area contributed by atoms with E-state index in [1.54, 1.807) is 54.1 Å². The lowest BCUT2D eigenvalue weighted by atomic mass is 10.1. The number of ether oxygens (including phenoxy) is 4. The van der Waals surface area contributed by atoms with E-state index < -0.39 is 11.9 Å². The number of nitrogens with zero attached hydrogens (tertiary/aromatic N) is 4. The second-order valence-corrected chi connectivity index (χ2v) is 9.30. The summed E-state index contributed by atoms with van der Waals surface area (Å²) < 4.78 is 24.9. The first-order chi connectivity index (χ1) is 19.4. The van der Waals surface area contributed by atoms with Crippen molar-refractivity contribution in [3.63, 3.8) is 0 Å². The van der Waals surface area contributed by atoms with Gasteiger partial charge in [-0.15, -0.1) is 0 Å². The lowest BCUT2D eigenvalue weighted by Crippen LogP contribution is -2.35. The Bertz CT molecular complexity index is 1720. The third kappa shape index (κ3) is 5.32. The van der Waals surface area contributed by atoms with Crippen molar-refractivity contribution >= 4 is 28.6 Å². The fourth-order valence-corrected chi connectivity index (χ4v) is 4.85. The molecule has 1 saturated heterocycles. The summed E-state index contributed by atoms with van der Waals surface area (Å²) >= 11 is 0. The molecule has 1 atom stereocenters. The lowest BCUT2D eigenvalue weighted by molar-refractivity contribution is -0.117. The van der Waals surface area contributed by atoms with Gasteiger partial charge >= 0.3 is 5.97 Å². The Hall–Kier alpha value is -4.51. The number of methoxy groups -OCH3 is 2. The molecule has 208 valence electrons. The molecule has 5 rings (SSSR count). The van der Waals surface area contributed by atoms with E-state index in [2.05, 4.69) is 4.99 Å². The van der Waals surface area contributed by atoms with E-state index in [-0.39, 0.29) is 47.7 Å². The highest BCUT2D eigenvalue weighted by Crippen LogP contribution is 2.27. The molecular formula is C29H30N4O7. The van der Waals surface area contributed by atoms with E-state index >= 15 is 0 Å². The largest absolute Gasteiger partial charge is 0.493 e. The Balaban J connectivity index is 1.73. The van der Waals surface area contributed by atoms with E-state index in [1.165, 1.54) is 24.7 Å². The predicted octanol–water partition coefficient (Wildman–Crippen LogP) is 2.69. The van der Waals surface area contributed by atoms with Crippen LogP contribution in [0.15, 0.2) is 58.4 Å². The number of rotatable bonds is 8. The van der Waals surface area contributed by atoms with Crippen molar-refractivity contribution in [3.8, 4) is 11.5 Å². The number of hydrogen-bond acceptors (Lipinski definition) is 8. The summed E-state index contributed by atoms with van der Waals surface area (Å²) in [5.41, 5.74) is 1.10. The number of fused-ring (bicyclic) bond motifs is 2. The number of aromatic nitrogens is 3. The highest BCUT2D eigenvalue weighted by atomic mass is 16.5. The molecule has 11 heteroatoms. The van der Waals surface area contributed by atoms with Crippen molar-refractivity contribution in [2.24, 2.45) is 4.99 Å². The van der Waals surface area contributed by atoms with Gasteiger partial charge in [-0.3, -0.25) is 14.0 Å². The van der Waals surface area contributed by atoms with Gasteiger partial charge in [0.2, 0.25) is 0 Å². The van der Waals surface area contributed by atoms with Gasteiger partial charge in [-0.2, -0.15) is 4.99 Å². The first-order valence-corrected chi connectivity index (χ1v) is 13.1. The minimum atomic E-state index is -0.694. The average molecular weight is 547 g/mol. The maximum atomic E-state index is 13.5. The number of amides is 1. The second-order valence-electron chi connectivity index (χ2n) is 9.30. The van der Waals surface area contributed by atoms with Crippen LogP contribution >= 0.6 is 0 Å². The van der Waals surface area contributed by atoms with Crippen molar-refractivity contribution in [3.05, 3.63) is 75.6 Å². The van der Waals surface area contributed by atoms with Crippen LogP contribution in [0.4, 0.5) is 0 Å². The average Bonchev–Trinajstić information content (AvgIpc) is 3.48. The summed E-state index contributed by atoms with van der Waals surface area (Å²) in [5.74, 6) is -0.180. The zero-order chi connectivity index (χ0) is 28.2. The van der Waals surface area contributed by atoms with Crippen LogP contribution in [0.3, 0.4) is 0 Å². The third-order valence-corrected chi connectivity index (χ3v) is 6.73. The maximum absolute atomic E-state index is 13.5.